The van der Waals surface area contributed by atoms with Gasteiger partial charge in [0.15, 0.2) is 0 Å². The van der Waals surface area contributed by atoms with E-state index < -0.39 is 0 Å². The molecule has 1 aliphatic heterocycles. The van der Waals surface area contributed by atoms with Gasteiger partial charge in [-0.05, 0) is 48.2 Å². The summed E-state index contributed by atoms with van der Waals surface area (Å²) in [4.78, 5) is 10.0. The molecule has 0 fully saturated rings. The number of nitrogens with zero attached hydrogens (tertiary/aromatic N) is 2. The van der Waals surface area contributed by atoms with Crippen molar-refractivity contribution in [3.05, 3.63) is 77.4 Å². The van der Waals surface area contributed by atoms with Crippen molar-refractivity contribution in [1.29, 1.82) is 0 Å². The van der Waals surface area contributed by atoms with Gasteiger partial charge in [-0.15, -0.1) is 0 Å². The van der Waals surface area contributed by atoms with Crippen LogP contribution >= 0.6 is 0 Å². The van der Waals surface area contributed by atoms with Gasteiger partial charge in [-0.25, -0.2) is 9.37 Å². The van der Waals surface area contributed by atoms with E-state index in [9.17, 15) is 4.39 Å². The first kappa shape index (κ1) is 15.6. The Bertz CT molecular complexity index is 968. The lowest BCUT2D eigenvalue weighted by atomic mass is 10.0. The van der Waals surface area contributed by atoms with E-state index in [0.29, 0.717) is 0 Å². The van der Waals surface area contributed by atoms with Crippen LogP contribution in [-0.2, 0) is 0 Å². The van der Waals surface area contributed by atoms with E-state index in [1.807, 2.05) is 24.5 Å². The van der Waals surface area contributed by atoms with Crippen LogP contribution in [0.4, 0.5) is 10.1 Å². The van der Waals surface area contributed by atoms with Crippen molar-refractivity contribution in [2.24, 2.45) is 0 Å². The Kier molecular flexibility index (Phi) is 4.10. The van der Waals surface area contributed by atoms with Crippen LogP contribution in [0.5, 0.6) is 0 Å². The van der Waals surface area contributed by atoms with E-state index in [1.165, 1.54) is 28.3 Å². The highest BCUT2D eigenvalue weighted by molar-refractivity contribution is 5.84. The van der Waals surface area contributed by atoms with Crippen LogP contribution in [-0.4, -0.2) is 23.1 Å². The molecule has 0 spiro atoms. The second kappa shape index (κ2) is 6.55. The summed E-state index contributed by atoms with van der Waals surface area (Å²) in [6.07, 6.45) is 11.2. The maximum absolute atomic E-state index is 13.2. The number of halogens is 1. The van der Waals surface area contributed by atoms with Gasteiger partial charge in [-0.3, -0.25) is 0 Å². The van der Waals surface area contributed by atoms with E-state index in [4.69, 9.17) is 0 Å². The second-order valence-electron chi connectivity index (χ2n) is 6.37. The number of hydrogen-bond donors (Lipinski definition) is 1. The lowest BCUT2D eigenvalue weighted by molar-refractivity contribution is 0.627. The van der Waals surface area contributed by atoms with E-state index in [-0.39, 0.29) is 5.82 Å². The number of hydrogen-bond acceptors (Lipinski definition) is 2. The molecule has 3 nitrogen and oxygen atoms in total. The third-order valence-corrected chi connectivity index (χ3v) is 4.75. The number of benzene rings is 1. The summed E-state index contributed by atoms with van der Waals surface area (Å²) in [5.74, 6) is -0.200. The molecule has 126 valence electrons. The van der Waals surface area contributed by atoms with Gasteiger partial charge in [0.1, 0.15) is 11.5 Å². The molecule has 0 unspecified atom stereocenters. The molecule has 4 heteroatoms. The van der Waals surface area contributed by atoms with E-state index in [0.717, 1.165) is 30.7 Å². The highest BCUT2D eigenvalue weighted by atomic mass is 19.1. The molecule has 3 heterocycles. The molecule has 0 aliphatic carbocycles. The smallest absolute Gasteiger partial charge is 0.137 e. The molecule has 0 bridgehead atoms. The normalized spacial score (nSPS) is 15.1. The quantitative estimate of drug-likeness (QED) is 0.742. The topological polar surface area (TPSA) is 31.9 Å². The Morgan fingerprint density at radius 1 is 1.24 bits per heavy atom. The Morgan fingerprint density at radius 3 is 2.96 bits per heavy atom. The standard InChI is InChI=1S/C21H20FN3/c1-15-19-7-10-23-21(19)24-14-20(15)25-11-8-16(9-12-25)5-6-17-3-2-4-18(22)13-17/h2-8,10,13-14H,9,11-12H2,1H3,(H,23,24). The summed E-state index contributed by atoms with van der Waals surface area (Å²) < 4.78 is 13.2. The molecule has 4 rings (SSSR count). The number of aromatic amines is 1. The number of fused-ring (bicyclic) bond motifs is 1. The van der Waals surface area contributed by atoms with Crippen LogP contribution in [0.2, 0.25) is 0 Å². The van der Waals surface area contributed by atoms with E-state index in [1.54, 1.807) is 12.1 Å². The van der Waals surface area contributed by atoms with Gasteiger partial charge in [0.25, 0.3) is 0 Å². The van der Waals surface area contributed by atoms with Gasteiger partial charge in [-0.2, -0.15) is 0 Å². The zero-order valence-electron chi connectivity index (χ0n) is 14.2. The number of anilines is 1. The number of nitrogens with one attached hydrogen (secondary N) is 1. The molecule has 3 aromatic rings. The predicted molar refractivity (Wildman–Crippen MR) is 101 cm³/mol. The van der Waals surface area contributed by atoms with E-state index >= 15 is 0 Å². The van der Waals surface area contributed by atoms with Crippen molar-refractivity contribution in [3.63, 3.8) is 0 Å². The largest absolute Gasteiger partial charge is 0.366 e. The molecule has 1 aromatic carbocycles. The molecular weight excluding hydrogens is 313 g/mol. The maximum Gasteiger partial charge on any atom is 0.137 e. The monoisotopic (exact) mass is 333 g/mol. The lowest BCUT2D eigenvalue weighted by Crippen LogP contribution is -2.29. The third-order valence-electron chi connectivity index (χ3n) is 4.75. The fourth-order valence-electron chi connectivity index (χ4n) is 3.32. The van der Waals surface area contributed by atoms with Crippen LogP contribution in [0.1, 0.15) is 17.5 Å². The summed E-state index contributed by atoms with van der Waals surface area (Å²) in [6, 6.07) is 8.74. The molecular formula is C21H20FN3. The average Bonchev–Trinajstić information content (AvgIpc) is 3.11. The first-order valence-corrected chi connectivity index (χ1v) is 8.51. The first-order chi connectivity index (χ1) is 12.2. The Morgan fingerprint density at radius 2 is 2.16 bits per heavy atom. The summed E-state index contributed by atoms with van der Waals surface area (Å²) in [5.41, 5.74) is 5.57. The Balaban J connectivity index is 1.50. The molecule has 25 heavy (non-hydrogen) atoms. The minimum atomic E-state index is -0.200. The van der Waals surface area contributed by atoms with E-state index in [2.05, 4.69) is 40.0 Å². The molecule has 1 N–H and O–H groups in total. The van der Waals surface area contributed by atoms with Crippen molar-refractivity contribution in [2.75, 3.05) is 18.0 Å². The van der Waals surface area contributed by atoms with Crippen molar-refractivity contribution in [1.82, 2.24) is 9.97 Å². The number of allylic oxidation sites excluding steroid dienone is 1. The number of H-pyrrole nitrogens is 1. The number of pyridine rings is 1. The van der Waals surface area contributed by atoms with Gasteiger partial charge in [0.2, 0.25) is 0 Å². The molecule has 1 aliphatic rings. The molecule has 0 radical (unpaired) electrons. The molecule has 0 atom stereocenters. The first-order valence-electron chi connectivity index (χ1n) is 8.51. The summed E-state index contributed by atoms with van der Waals surface area (Å²) >= 11 is 0. The Hall–Kier alpha value is -2.88. The van der Waals surface area contributed by atoms with Gasteiger partial charge in [-0.1, -0.05) is 30.4 Å². The van der Waals surface area contributed by atoms with Crippen LogP contribution in [0.3, 0.4) is 0 Å². The number of aromatic nitrogens is 2. The molecule has 2 aromatic heterocycles. The van der Waals surface area contributed by atoms with Crippen molar-refractivity contribution in [2.45, 2.75) is 13.3 Å². The highest BCUT2D eigenvalue weighted by Crippen LogP contribution is 2.28. The fraction of sp³-hybridized carbons (Fsp3) is 0.190. The summed E-state index contributed by atoms with van der Waals surface area (Å²) in [5, 5.41) is 1.18. The average molecular weight is 333 g/mol. The SMILES string of the molecule is Cc1c(N2CC=C(C=Cc3cccc(F)c3)CC2)cnc2[nH]ccc12. The summed E-state index contributed by atoms with van der Waals surface area (Å²) in [6.45, 7) is 3.97. The van der Waals surface area contributed by atoms with Crippen molar-refractivity contribution >= 4 is 22.8 Å². The van der Waals surface area contributed by atoms with Crippen LogP contribution in [0.25, 0.3) is 17.1 Å². The van der Waals surface area contributed by atoms with Crippen LogP contribution in [0.15, 0.2) is 60.5 Å². The fourth-order valence-corrected chi connectivity index (χ4v) is 3.32. The minimum Gasteiger partial charge on any atom is -0.366 e. The molecule has 0 amide bonds. The van der Waals surface area contributed by atoms with Gasteiger partial charge in [0, 0.05) is 24.7 Å². The minimum absolute atomic E-state index is 0.200. The maximum atomic E-state index is 13.2. The zero-order valence-corrected chi connectivity index (χ0v) is 14.2. The number of rotatable bonds is 3. The predicted octanol–water partition coefficient (Wildman–Crippen LogP) is 4.86. The zero-order chi connectivity index (χ0) is 17.2. The lowest BCUT2D eigenvalue weighted by Gasteiger charge is -2.29. The molecule has 0 saturated carbocycles. The second-order valence-corrected chi connectivity index (χ2v) is 6.37. The van der Waals surface area contributed by atoms with Gasteiger partial charge < -0.3 is 9.88 Å². The molecule has 0 saturated heterocycles. The van der Waals surface area contributed by atoms with Gasteiger partial charge in [0.05, 0.1) is 11.9 Å². The third kappa shape index (κ3) is 3.20. The van der Waals surface area contributed by atoms with Gasteiger partial charge >= 0.3 is 0 Å². The van der Waals surface area contributed by atoms with Crippen LogP contribution in [0, 0.1) is 12.7 Å². The highest BCUT2D eigenvalue weighted by Gasteiger charge is 2.15. The van der Waals surface area contributed by atoms with Crippen molar-refractivity contribution in [3.8, 4) is 0 Å². The summed E-state index contributed by atoms with van der Waals surface area (Å²) in [7, 11) is 0. The van der Waals surface area contributed by atoms with Crippen molar-refractivity contribution < 1.29 is 4.39 Å². The number of aryl methyl sites for hydroxylation is 1. The Labute approximate surface area is 146 Å². The van der Waals surface area contributed by atoms with Crippen LogP contribution < -0.4 is 4.90 Å².